The lowest BCUT2D eigenvalue weighted by Gasteiger charge is -2.25. The van der Waals surface area contributed by atoms with Gasteiger partial charge in [0.1, 0.15) is 18.9 Å². The summed E-state index contributed by atoms with van der Waals surface area (Å²) in [7, 11) is 1.43. The summed E-state index contributed by atoms with van der Waals surface area (Å²) < 4.78 is 19.0. The molecule has 0 saturated carbocycles. The second-order valence-corrected chi connectivity index (χ2v) is 5.19. The zero-order chi connectivity index (χ0) is 17.7. The minimum atomic E-state index is -0.845. The van der Waals surface area contributed by atoms with E-state index in [-0.39, 0.29) is 37.3 Å². The number of likely N-dealkylation sites (N-methyl/N-ethyl adjacent to an activating group) is 1. The predicted octanol–water partition coefficient (Wildman–Crippen LogP) is 0.453. The Morgan fingerprint density at radius 3 is 2.79 bits per heavy atom. The summed E-state index contributed by atoms with van der Waals surface area (Å²) >= 11 is 0. The lowest BCUT2D eigenvalue weighted by atomic mass is 10.1. The monoisotopic (exact) mass is 336 g/mol. The van der Waals surface area contributed by atoms with E-state index >= 15 is 0 Å². The van der Waals surface area contributed by atoms with Crippen molar-refractivity contribution in [2.75, 3.05) is 13.7 Å². The van der Waals surface area contributed by atoms with E-state index in [2.05, 4.69) is 5.32 Å². The van der Waals surface area contributed by atoms with E-state index in [1.807, 2.05) is 0 Å². The van der Waals surface area contributed by atoms with Crippen LogP contribution in [0.2, 0.25) is 0 Å². The number of carbonyl (C=O) groups excluding carboxylic acids is 4. The van der Waals surface area contributed by atoms with E-state index in [1.165, 1.54) is 18.0 Å². The smallest absolute Gasteiger partial charge is 0.255 e. The molecule has 1 heterocycles. The van der Waals surface area contributed by atoms with Crippen molar-refractivity contribution in [2.45, 2.75) is 25.4 Å². The number of amides is 2. The molecule has 0 aliphatic carbocycles. The van der Waals surface area contributed by atoms with Crippen molar-refractivity contribution in [1.29, 1.82) is 0 Å². The molecule has 7 nitrogen and oxygen atoms in total. The minimum Gasteiger partial charge on any atom is -0.483 e. The van der Waals surface area contributed by atoms with Crippen LogP contribution in [0.5, 0.6) is 5.75 Å². The van der Waals surface area contributed by atoms with Crippen LogP contribution in [0.15, 0.2) is 12.1 Å². The summed E-state index contributed by atoms with van der Waals surface area (Å²) in [6.45, 7) is -0.372. The number of benzene rings is 1. The first kappa shape index (κ1) is 17.6. The highest BCUT2D eigenvalue weighted by molar-refractivity contribution is 6.01. The van der Waals surface area contributed by atoms with E-state index in [0.29, 0.717) is 18.1 Å². The van der Waals surface area contributed by atoms with E-state index in [9.17, 15) is 23.6 Å². The Bertz CT molecular complexity index is 677. The van der Waals surface area contributed by atoms with E-state index in [0.717, 1.165) is 6.07 Å². The number of rotatable bonds is 8. The zero-order valence-corrected chi connectivity index (χ0v) is 13.1. The number of nitrogens with zero attached hydrogens (tertiary/aromatic N) is 1. The fourth-order valence-electron chi connectivity index (χ4n) is 2.70. The molecule has 1 aliphatic heterocycles. The third-order valence-electron chi connectivity index (χ3n) is 3.81. The highest BCUT2D eigenvalue weighted by Gasteiger charge is 2.38. The molecule has 2 amide bonds. The maximum absolute atomic E-state index is 14.0. The second kappa shape index (κ2) is 7.67. The summed E-state index contributed by atoms with van der Waals surface area (Å²) in [6.07, 6.45) is 1.42. The molecule has 0 bridgehead atoms. The fourth-order valence-corrected chi connectivity index (χ4v) is 2.70. The van der Waals surface area contributed by atoms with Crippen molar-refractivity contribution in [3.63, 3.8) is 0 Å². The predicted molar refractivity (Wildman–Crippen MR) is 81.0 cm³/mol. The first-order valence-corrected chi connectivity index (χ1v) is 7.39. The number of aldehydes is 2. The largest absolute Gasteiger partial charge is 0.483 e. The van der Waals surface area contributed by atoms with Crippen LogP contribution >= 0.6 is 0 Å². The molecule has 8 heteroatoms. The fraction of sp³-hybridized carbons (Fsp3) is 0.375. The van der Waals surface area contributed by atoms with Gasteiger partial charge in [0.2, 0.25) is 5.91 Å². The van der Waals surface area contributed by atoms with Crippen LogP contribution in [0.4, 0.5) is 4.39 Å². The van der Waals surface area contributed by atoms with Gasteiger partial charge in [-0.3, -0.25) is 14.4 Å². The molecule has 1 N–H and O–H groups in total. The van der Waals surface area contributed by atoms with Gasteiger partial charge >= 0.3 is 0 Å². The Kier molecular flexibility index (Phi) is 5.62. The normalized spacial score (nSPS) is 14.1. The van der Waals surface area contributed by atoms with E-state index < -0.39 is 23.7 Å². The van der Waals surface area contributed by atoms with Crippen LogP contribution in [0.1, 0.15) is 28.8 Å². The summed E-state index contributed by atoms with van der Waals surface area (Å²) in [5.74, 6) is -1.70. The van der Waals surface area contributed by atoms with Crippen molar-refractivity contribution in [2.24, 2.45) is 0 Å². The standard InChI is InChI=1S/C16H17FN2O5/c1-18-15(22)13(3-2-6-20)19-9-11-10(16(19)23)4-5-12(17)14(11)24-8-7-21/h4-7,13H,2-3,8-9H2,1H3,(H,18,22). The van der Waals surface area contributed by atoms with Gasteiger partial charge in [-0.15, -0.1) is 0 Å². The Balaban J connectivity index is 2.35. The number of nitrogens with one attached hydrogen (secondary N) is 1. The molecule has 0 radical (unpaired) electrons. The van der Waals surface area contributed by atoms with Crippen LogP contribution in [0.25, 0.3) is 0 Å². The SMILES string of the molecule is CNC(=O)C(CCC=O)N1Cc2c(ccc(F)c2OCC=O)C1=O. The van der Waals surface area contributed by atoms with Crippen molar-refractivity contribution < 1.29 is 28.3 Å². The molecule has 0 aromatic heterocycles. The van der Waals surface area contributed by atoms with Crippen LogP contribution in [0, 0.1) is 5.82 Å². The topological polar surface area (TPSA) is 92.8 Å². The van der Waals surface area contributed by atoms with Crippen molar-refractivity contribution in [3.05, 3.63) is 29.1 Å². The second-order valence-electron chi connectivity index (χ2n) is 5.19. The van der Waals surface area contributed by atoms with Gasteiger partial charge in [-0.25, -0.2) is 4.39 Å². The van der Waals surface area contributed by atoms with Crippen LogP contribution < -0.4 is 10.1 Å². The minimum absolute atomic E-state index is 0.0307. The van der Waals surface area contributed by atoms with Crippen molar-refractivity contribution >= 4 is 24.4 Å². The lowest BCUT2D eigenvalue weighted by molar-refractivity contribution is -0.125. The Morgan fingerprint density at radius 2 is 2.17 bits per heavy atom. The van der Waals surface area contributed by atoms with E-state index in [4.69, 9.17) is 4.74 Å². The molecule has 24 heavy (non-hydrogen) atoms. The molecule has 1 aromatic rings. The Hall–Kier alpha value is -2.77. The van der Waals surface area contributed by atoms with Gasteiger partial charge in [0, 0.05) is 24.6 Å². The Morgan fingerprint density at radius 1 is 1.42 bits per heavy atom. The highest BCUT2D eigenvalue weighted by atomic mass is 19.1. The number of ether oxygens (including phenoxy) is 1. The van der Waals surface area contributed by atoms with Gasteiger partial charge in [-0.05, 0) is 18.6 Å². The van der Waals surface area contributed by atoms with Gasteiger partial charge < -0.3 is 19.7 Å². The summed E-state index contributed by atoms with van der Waals surface area (Å²) in [5.41, 5.74) is 0.513. The molecule has 0 spiro atoms. The molecule has 128 valence electrons. The summed E-state index contributed by atoms with van der Waals surface area (Å²) in [5, 5.41) is 2.46. The average Bonchev–Trinajstić information content (AvgIpc) is 2.91. The molecule has 1 aromatic carbocycles. The first-order valence-electron chi connectivity index (χ1n) is 7.39. The maximum atomic E-state index is 14.0. The van der Waals surface area contributed by atoms with Gasteiger partial charge in [0.15, 0.2) is 17.9 Å². The molecule has 1 atom stereocenters. The summed E-state index contributed by atoms with van der Waals surface area (Å²) in [6, 6.07) is 1.56. The van der Waals surface area contributed by atoms with Gasteiger partial charge in [-0.1, -0.05) is 0 Å². The first-order chi connectivity index (χ1) is 11.5. The molecule has 1 aliphatic rings. The summed E-state index contributed by atoms with van der Waals surface area (Å²) in [4.78, 5) is 47.0. The number of carbonyl (C=O) groups is 4. The number of hydrogen-bond donors (Lipinski definition) is 1. The van der Waals surface area contributed by atoms with Crippen molar-refractivity contribution in [1.82, 2.24) is 10.2 Å². The number of fused-ring (bicyclic) bond motifs is 1. The molecular weight excluding hydrogens is 319 g/mol. The van der Waals surface area contributed by atoms with Gasteiger partial charge in [0.05, 0.1) is 6.54 Å². The van der Waals surface area contributed by atoms with E-state index in [1.54, 1.807) is 0 Å². The molecular formula is C16H17FN2O5. The Labute approximate surface area is 137 Å². The van der Waals surface area contributed by atoms with Gasteiger partial charge in [0.25, 0.3) is 5.91 Å². The lowest BCUT2D eigenvalue weighted by Crippen LogP contribution is -2.46. The molecule has 1 unspecified atom stereocenters. The van der Waals surface area contributed by atoms with Crippen molar-refractivity contribution in [3.8, 4) is 5.75 Å². The van der Waals surface area contributed by atoms with Crippen LogP contribution in [0.3, 0.4) is 0 Å². The highest BCUT2D eigenvalue weighted by Crippen LogP contribution is 2.34. The maximum Gasteiger partial charge on any atom is 0.255 e. The quantitative estimate of drug-likeness (QED) is 0.696. The zero-order valence-electron chi connectivity index (χ0n) is 13.1. The number of hydrogen-bond acceptors (Lipinski definition) is 5. The van der Waals surface area contributed by atoms with Crippen LogP contribution in [-0.4, -0.2) is 49.0 Å². The third-order valence-corrected chi connectivity index (χ3v) is 3.81. The van der Waals surface area contributed by atoms with Gasteiger partial charge in [-0.2, -0.15) is 0 Å². The molecule has 0 fully saturated rings. The van der Waals surface area contributed by atoms with Crippen LogP contribution in [-0.2, 0) is 20.9 Å². The molecule has 2 rings (SSSR count). The molecule has 0 saturated heterocycles. The number of halogens is 1. The third kappa shape index (κ3) is 3.27. The average molecular weight is 336 g/mol.